The molecule has 5 nitrogen and oxygen atoms in total. The van der Waals surface area contributed by atoms with Crippen LogP contribution in [-0.4, -0.2) is 28.2 Å². The lowest BCUT2D eigenvalue weighted by atomic mass is 10.1. The van der Waals surface area contributed by atoms with Crippen LogP contribution >= 0.6 is 0 Å². The summed E-state index contributed by atoms with van der Waals surface area (Å²) in [5.74, 6) is 1.16. The minimum absolute atomic E-state index is 0.104. The standard InChI is InChI=1S/C14H17N3O2/c1-2-19-11-5-3-10(4-6-11)12-7-8-16-14(17-12)13(18)9-15/h3-8,13,18H,2,9,15H2,1H3. The van der Waals surface area contributed by atoms with Gasteiger partial charge in [-0.3, -0.25) is 0 Å². The maximum Gasteiger partial charge on any atom is 0.158 e. The number of aliphatic hydroxyl groups is 1. The van der Waals surface area contributed by atoms with Crippen molar-refractivity contribution in [3.05, 3.63) is 42.4 Å². The van der Waals surface area contributed by atoms with Crippen molar-refractivity contribution in [1.82, 2.24) is 9.97 Å². The van der Waals surface area contributed by atoms with Crippen molar-refractivity contribution in [2.24, 2.45) is 5.73 Å². The van der Waals surface area contributed by atoms with Crippen molar-refractivity contribution in [2.75, 3.05) is 13.2 Å². The molecular weight excluding hydrogens is 242 g/mol. The number of aromatic nitrogens is 2. The normalized spacial score (nSPS) is 12.2. The van der Waals surface area contributed by atoms with E-state index in [0.717, 1.165) is 17.0 Å². The van der Waals surface area contributed by atoms with E-state index in [-0.39, 0.29) is 6.54 Å². The quantitative estimate of drug-likeness (QED) is 0.851. The molecule has 0 bridgehead atoms. The number of hydrogen-bond acceptors (Lipinski definition) is 5. The monoisotopic (exact) mass is 259 g/mol. The molecule has 1 unspecified atom stereocenters. The average molecular weight is 259 g/mol. The van der Waals surface area contributed by atoms with Crippen LogP contribution in [0.3, 0.4) is 0 Å². The van der Waals surface area contributed by atoms with Gasteiger partial charge in [-0.1, -0.05) is 0 Å². The third-order valence-corrected chi connectivity index (χ3v) is 2.66. The van der Waals surface area contributed by atoms with Gasteiger partial charge >= 0.3 is 0 Å². The molecule has 1 heterocycles. The fourth-order valence-corrected chi connectivity index (χ4v) is 1.69. The SMILES string of the molecule is CCOc1ccc(-c2ccnc(C(O)CN)n2)cc1. The smallest absolute Gasteiger partial charge is 0.158 e. The first-order chi connectivity index (χ1) is 9.24. The zero-order chi connectivity index (χ0) is 13.7. The van der Waals surface area contributed by atoms with E-state index in [4.69, 9.17) is 10.5 Å². The lowest BCUT2D eigenvalue weighted by molar-refractivity contribution is 0.176. The molecule has 3 N–H and O–H groups in total. The summed E-state index contributed by atoms with van der Waals surface area (Å²) in [5, 5.41) is 9.64. The van der Waals surface area contributed by atoms with Gasteiger partial charge in [-0.2, -0.15) is 0 Å². The lowest BCUT2D eigenvalue weighted by Crippen LogP contribution is -2.14. The van der Waals surface area contributed by atoms with Crippen molar-refractivity contribution in [2.45, 2.75) is 13.0 Å². The molecule has 0 aliphatic carbocycles. The molecule has 0 aliphatic heterocycles. The molecule has 0 radical (unpaired) electrons. The summed E-state index contributed by atoms with van der Waals surface area (Å²) >= 11 is 0. The fraction of sp³-hybridized carbons (Fsp3) is 0.286. The number of nitrogens with zero attached hydrogens (tertiary/aromatic N) is 2. The number of ether oxygens (including phenoxy) is 1. The summed E-state index contributed by atoms with van der Waals surface area (Å²) in [6, 6.07) is 9.42. The molecule has 0 fully saturated rings. The van der Waals surface area contributed by atoms with Crippen molar-refractivity contribution < 1.29 is 9.84 Å². The Morgan fingerprint density at radius 3 is 2.63 bits per heavy atom. The first-order valence-electron chi connectivity index (χ1n) is 6.19. The summed E-state index contributed by atoms with van der Waals surface area (Å²) in [6.45, 7) is 2.69. The van der Waals surface area contributed by atoms with Crippen molar-refractivity contribution in [1.29, 1.82) is 0 Å². The second-order valence-electron chi connectivity index (χ2n) is 4.01. The third kappa shape index (κ3) is 3.27. The molecule has 0 saturated carbocycles. The van der Waals surface area contributed by atoms with E-state index < -0.39 is 6.10 Å². The topological polar surface area (TPSA) is 81.3 Å². The van der Waals surface area contributed by atoms with Crippen LogP contribution in [0.1, 0.15) is 18.9 Å². The molecule has 1 aromatic carbocycles. The number of rotatable bonds is 5. The summed E-state index contributed by atoms with van der Waals surface area (Å²) in [4.78, 5) is 8.32. The Balaban J connectivity index is 2.26. The average Bonchev–Trinajstić information content (AvgIpc) is 2.48. The summed E-state index contributed by atoms with van der Waals surface area (Å²) in [6.07, 6.45) is 0.787. The molecule has 19 heavy (non-hydrogen) atoms. The first kappa shape index (κ1) is 13.5. The van der Waals surface area contributed by atoms with E-state index in [1.165, 1.54) is 0 Å². The van der Waals surface area contributed by atoms with Crippen LogP contribution in [-0.2, 0) is 0 Å². The number of hydrogen-bond donors (Lipinski definition) is 2. The zero-order valence-corrected chi connectivity index (χ0v) is 10.8. The van der Waals surface area contributed by atoms with Crippen LogP contribution in [0.5, 0.6) is 5.75 Å². The highest BCUT2D eigenvalue weighted by Crippen LogP contribution is 2.21. The van der Waals surface area contributed by atoms with Gasteiger partial charge < -0.3 is 15.6 Å². The third-order valence-electron chi connectivity index (χ3n) is 2.66. The Bertz CT molecular complexity index is 528. The molecule has 0 amide bonds. The van der Waals surface area contributed by atoms with Gasteiger partial charge in [0.2, 0.25) is 0 Å². The van der Waals surface area contributed by atoms with Gasteiger partial charge in [-0.05, 0) is 37.3 Å². The summed E-state index contributed by atoms with van der Waals surface area (Å²) in [5.41, 5.74) is 7.09. The number of nitrogens with two attached hydrogens (primary N) is 1. The highest BCUT2D eigenvalue weighted by molar-refractivity contribution is 5.59. The second-order valence-corrected chi connectivity index (χ2v) is 4.01. The van der Waals surface area contributed by atoms with E-state index in [2.05, 4.69) is 9.97 Å². The van der Waals surface area contributed by atoms with Gasteiger partial charge in [0, 0.05) is 18.3 Å². The van der Waals surface area contributed by atoms with Crippen molar-refractivity contribution >= 4 is 0 Å². The van der Waals surface area contributed by atoms with E-state index >= 15 is 0 Å². The highest BCUT2D eigenvalue weighted by atomic mass is 16.5. The predicted molar refractivity (Wildman–Crippen MR) is 72.7 cm³/mol. The van der Waals surface area contributed by atoms with Crippen molar-refractivity contribution in [3.8, 4) is 17.0 Å². The van der Waals surface area contributed by atoms with Crippen LogP contribution in [0.25, 0.3) is 11.3 Å². The van der Waals surface area contributed by atoms with Crippen LogP contribution in [0.2, 0.25) is 0 Å². The van der Waals surface area contributed by atoms with E-state index in [9.17, 15) is 5.11 Å². The Labute approximate surface area is 112 Å². The molecule has 1 atom stereocenters. The Hall–Kier alpha value is -1.98. The molecule has 0 aliphatic rings. The molecule has 100 valence electrons. The van der Waals surface area contributed by atoms with Crippen LogP contribution < -0.4 is 10.5 Å². The van der Waals surface area contributed by atoms with E-state index in [1.54, 1.807) is 12.3 Å². The van der Waals surface area contributed by atoms with E-state index in [0.29, 0.717) is 12.4 Å². The van der Waals surface area contributed by atoms with Crippen LogP contribution in [0.15, 0.2) is 36.5 Å². The highest BCUT2D eigenvalue weighted by Gasteiger charge is 2.09. The van der Waals surface area contributed by atoms with Gasteiger partial charge in [0.1, 0.15) is 11.9 Å². The molecule has 2 aromatic rings. The van der Waals surface area contributed by atoms with Gasteiger partial charge in [0.05, 0.1) is 12.3 Å². The van der Waals surface area contributed by atoms with Crippen molar-refractivity contribution in [3.63, 3.8) is 0 Å². The predicted octanol–water partition coefficient (Wildman–Crippen LogP) is 1.53. The number of aliphatic hydroxyl groups excluding tert-OH is 1. The van der Waals surface area contributed by atoms with Gasteiger partial charge in [0.25, 0.3) is 0 Å². The van der Waals surface area contributed by atoms with Gasteiger partial charge in [0.15, 0.2) is 5.82 Å². The molecule has 2 rings (SSSR count). The lowest BCUT2D eigenvalue weighted by Gasteiger charge is -2.08. The van der Waals surface area contributed by atoms with Crippen LogP contribution in [0.4, 0.5) is 0 Å². The Morgan fingerprint density at radius 2 is 2.00 bits per heavy atom. The minimum atomic E-state index is -0.831. The summed E-state index contributed by atoms with van der Waals surface area (Å²) < 4.78 is 5.39. The number of benzene rings is 1. The molecule has 0 spiro atoms. The Kier molecular flexibility index (Phi) is 4.43. The molecular formula is C14H17N3O2. The summed E-state index contributed by atoms with van der Waals surface area (Å²) in [7, 11) is 0. The fourth-order valence-electron chi connectivity index (χ4n) is 1.69. The molecule has 1 aromatic heterocycles. The minimum Gasteiger partial charge on any atom is -0.494 e. The second kappa shape index (κ2) is 6.26. The largest absolute Gasteiger partial charge is 0.494 e. The zero-order valence-electron chi connectivity index (χ0n) is 10.8. The van der Waals surface area contributed by atoms with Gasteiger partial charge in [-0.25, -0.2) is 9.97 Å². The maximum atomic E-state index is 9.64. The van der Waals surface area contributed by atoms with Gasteiger partial charge in [-0.15, -0.1) is 0 Å². The van der Waals surface area contributed by atoms with Crippen LogP contribution in [0, 0.1) is 0 Å². The maximum absolute atomic E-state index is 9.64. The first-order valence-corrected chi connectivity index (χ1v) is 6.19. The molecule has 0 saturated heterocycles. The molecule has 5 heteroatoms. The van der Waals surface area contributed by atoms with E-state index in [1.807, 2.05) is 31.2 Å². The Morgan fingerprint density at radius 1 is 1.26 bits per heavy atom.